The molecule has 3 nitrogen and oxygen atoms in total. The summed E-state index contributed by atoms with van der Waals surface area (Å²) >= 11 is 0. The smallest absolute Gasteiger partial charge is 0.251 e. The minimum absolute atomic E-state index is 0. The highest BCUT2D eigenvalue weighted by molar-refractivity contribution is 5.94. The maximum absolute atomic E-state index is 11.8. The molecule has 100 valence electrons. The molecule has 1 heterocycles. The van der Waals surface area contributed by atoms with Crippen molar-refractivity contribution in [3.05, 3.63) is 35.4 Å². The largest absolute Gasteiger partial charge is 1.00 e. The number of carbonyl (C=O) groups excluding carboxylic acids is 1. The Bertz CT molecular complexity index is 389. The van der Waals surface area contributed by atoms with Gasteiger partial charge in [-0.15, -0.1) is 0 Å². The molecule has 0 saturated carbocycles. The molecule has 1 aromatic carbocycles. The molecule has 1 N–H and O–H groups in total. The second kappa shape index (κ2) is 7.39. The number of nitrogens with one attached hydrogen (secondary N) is 1. The number of amides is 1. The van der Waals surface area contributed by atoms with Gasteiger partial charge in [0.2, 0.25) is 0 Å². The van der Waals surface area contributed by atoms with Gasteiger partial charge in [-0.2, -0.15) is 0 Å². The van der Waals surface area contributed by atoms with E-state index in [0.717, 1.165) is 24.2 Å². The first-order chi connectivity index (χ1) is 8.25. The maximum Gasteiger partial charge on any atom is 0.251 e. The van der Waals surface area contributed by atoms with Crippen LogP contribution in [0.1, 0.15) is 28.8 Å². The van der Waals surface area contributed by atoms with Crippen LogP contribution >= 0.6 is 0 Å². The monoisotopic (exact) mass is 267 g/mol. The lowest BCUT2D eigenvalue weighted by Crippen LogP contribution is -3.00. The topological polar surface area (TPSA) is 32.3 Å². The number of likely N-dealkylation sites (tertiary alicyclic amines) is 1. The van der Waals surface area contributed by atoms with Gasteiger partial charge in [-0.05, 0) is 45.0 Å². The Morgan fingerprint density at radius 1 is 1.33 bits per heavy atom. The van der Waals surface area contributed by atoms with E-state index in [1.807, 2.05) is 31.2 Å². The third kappa shape index (κ3) is 4.31. The minimum Gasteiger partial charge on any atom is -1.00 e. The Labute approximate surface area is 115 Å². The number of rotatable bonds is 4. The molecule has 1 saturated heterocycles. The van der Waals surface area contributed by atoms with Gasteiger partial charge in [0.15, 0.2) is 0 Å². The predicted molar refractivity (Wildman–Crippen MR) is 69.2 cm³/mol. The van der Waals surface area contributed by atoms with E-state index in [4.69, 9.17) is 0 Å². The van der Waals surface area contributed by atoms with E-state index < -0.39 is 0 Å². The first-order valence-electron chi connectivity index (χ1n) is 6.33. The molecule has 0 unspecified atom stereocenters. The van der Waals surface area contributed by atoms with Gasteiger partial charge in [0, 0.05) is 18.7 Å². The van der Waals surface area contributed by atoms with Gasteiger partial charge in [0.25, 0.3) is 5.91 Å². The molecule has 1 aliphatic heterocycles. The molecule has 4 heteroatoms. The van der Waals surface area contributed by atoms with Crippen LogP contribution in [0.15, 0.2) is 24.3 Å². The molecule has 0 aromatic heterocycles. The number of hydrogen-bond acceptors (Lipinski definition) is 2. The number of benzene rings is 1. The van der Waals surface area contributed by atoms with Gasteiger partial charge in [-0.25, -0.2) is 0 Å². The van der Waals surface area contributed by atoms with Crippen molar-refractivity contribution in [1.82, 2.24) is 10.2 Å². The second-order valence-electron chi connectivity index (χ2n) is 4.67. The van der Waals surface area contributed by atoms with Gasteiger partial charge in [0.1, 0.15) is 0 Å². The van der Waals surface area contributed by atoms with Crippen molar-refractivity contribution in [2.75, 3.05) is 26.2 Å². The maximum atomic E-state index is 11.8. The highest BCUT2D eigenvalue weighted by Gasteiger charge is 2.11. The zero-order valence-corrected chi connectivity index (χ0v) is 11.5. The Kier molecular flexibility index (Phi) is 6.16. The summed E-state index contributed by atoms with van der Waals surface area (Å²) in [7, 11) is 0. The number of halogens is 1. The molecule has 0 aliphatic carbocycles. The Balaban J connectivity index is 0.00000162. The molecule has 1 aliphatic rings. The van der Waals surface area contributed by atoms with Crippen LogP contribution in [0.4, 0.5) is 0 Å². The summed E-state index contributed by atoms with van der Waals surface area (Å²) < 4.78 is 0. The second-order valence-corrected chi connectivity index (χ2v) is 4.67. The highest BCUT2D eigenvalue weighted by atomic mass is 35.5. The zero-order chi connectivity index (χ0) is 12.1. The molecule has 18 heavy (non-hydrogen) atoms. The van der Waals surface area contributed by atoms with E-state index in [-0.39, 0.29) is 18.3 Å². The summed E-state index contributed by atoms with van der Waals surface area (Å²) in [5.41, 5.74) is 1.88. The first kappa shape index (κ1) is 15.0. The van der Waals surface area contributed by atoms with Crippen LogP contribution < -0.4 is 17.7 Å². The zero-order valence-electron chi connectivity index (χ0n) is 10.8. The highest BCUT2D eigenvalue weighted by Crippen LogP contribution is 2.06. The van der Waals surface area contributed by atoms with Crippen molar-refractivity contribution in [2.45, 2.75) is 19.8 Å². The molecule has 0 bridgehead atoms. The third-order valence-corrected chi connectivity index (χ3v) is 3.19. The molecule has 1 aromatic rings. The van der Waals surface area contributed by atoms with E-state index in [1.54, 1.807) is 0 Å². The Morgan fingerprint density at radius 2 is 2.06 bits per heavy atom. The van der Waals surface area contributed by atoms with Gasteiger partial charge in [-0.1, -0.05) is 17.7 Å². The molecule has 0 spiro atoms. The van der Waals surface area contributed by atoms with Crippen molar-refractivity contribution >= 4 is 5.91 Å². The third-order valence-electron chi connectivity index (χ3n) is 3.19. The number of hydrogen-bond donors (Lipinski definition) is 1. The van der Waals surface area contributed by atoms with Crippen LogP contribution in [0.3, 0.4) is 0 Å². The number of aryl methyl sites for hydroxylation is 1. The van der Waals surface area contributed by atoms with Gasteiger partial charge < -0.3 is 22.6 Å². The standard InChI is InChI=1S/C14H20N2O.ClH/c1-12-5-4-6-13(11-12)14(17)15-7-10-16-8-2-3-9-16;/h4-6,11H,2-3,7-10H2,1H3,(H,15,17);1H/p-1. The summed E-state index contributed by atoms with van der Waals surface area (Å²) in [6, 6.07) is 7.70. The summed E-state index contributed by atoms with van der Waals surface area (Å²) in [6.07, 6.45) is 2.59. The van der Waals surface area contributed by atoms with Crippen LogP contribution in [-0.4, -0.2) is 37.0 Å². The molecule has 0 radical (unpaired) electrons. The molecule has 0 atom stereocenters. The average Bonchev–Trinajstić information content (AvgIpc) is 2.82. The van der Waals surface area contributed by atoms with Crippen LogP contribution in [0.25, 0.3) is 0 Å². The lowest BCUT2D eigenvalue weighted by Gasteiger charge is -2.14. The van der Waals surface area contributed by atoms with Crippen molar-refractivity contribution in [3.63, 3.8) is 0 Å². The van der Waals surface area contributed by atoms with E-state index in [0.29, 0.717) is 0 Å². The van der Waals surface area contributed by atoms with Gasteiger partial charge >= 0.3 is 0 Å². The van der Waals surface area contributed by atoms with Crippen molar-refractivity contribution < 1.29 is 17.2 Å². The molecular formula is C14H20ClN2O-. The predicted octanol–water partition coefficient (Wildman–Crippen LogP) is -1.18. The summed E-state index contributed by atoms with van der Waals surface area (Å²) in [6.45, 7) is 6.08. The Morgan fingerprint density at radius 3 is 2.72 bits per heavy atom. The summed E-state index contributed by atoms with van der Waals surface area (Å²) in [5, 5.41) is 2.97. The quantitative estimate of drug-likeness (QED) is 0.745. The molecule has 1 amide bonds. The normalized spacial score (nSPS) is 15.2. The van der Waals surface area contributed by atoms with E-state index in [9.17, 15) is 4.79 Å². The van der Waals surface area contributed by atoms with Crippen molar-refractivity contribution in [2.24, 2.45) is 0 Å². The number of nitrogens with zero attached hydrogens (tertiary/aromatic N) is 1. The van der Waals surface area contributed by atoms with Crippen molar-refractivity contribution in [1.29, 1.82) is 0 Å². The molecular weight excluding hydrogens is 248 g/mol. The fourth-order valence-corrected chi connectivity index (χ4v) is 2.22. The van der Waals surface area contributed by atoms with Crippen LogP contribution in [0, 0.1) is 6.92 Å². The Hall–Kier alpha value is -1.06. The van der Waals surface area contributed by atoms with Crippen LogP contribution in [0.2, 0.25) is 0 Å². The lowest BCUT2D eigenvalue weighted by atomic mass is 10.1. The lowest BCUT2D eigenvalue weighted by molar-refractivity contribution is -0.0000120. The van der Waals surface area contributed by atoms with Gasteiger partial charge in [-0.3, -0.25) is 4.79 Å². The van der Waals surface area contributed by atoms with Crippen LogP contribution in [0.5, 0.6) is 0 Å². The molecule has 2 rings (SSSR count). The SMILES string of the molecule is Cc1cccc(C(=O)NCCN2CCCC2)c1.[Cl-]. The van der Waals surface area contributed by atoms with E-state index in [2.05, 4.69) is 10.2 Å². The van der Waals surface area contributed by atoms with Gasteiger partial charge in [0.05, 0.1) is 0 Å². The van der Waals surface area contributed by atoms with E-state index >= 15 is 0 Å². The number of carbonyl (C=O) groups is 1. The minimum atomic E-state index is 0. The molecule has 1 fully saturated rings. The van der Waals surface area contributed by atoms with Crippen LogP contribution in [-0.2, 0) is 0 Å². The first-order valence-corrected chi connectivity index (χ1v) is 6.33. The fraction of sp³-hybridized carbons (Fsp3) is 0.500. The van der Waals surface area contributed by atoms with E-state index in [1.165, 1.54) is 25.9 Å². The summed E-state index contributed by atoms with van der Waals surface area (Å²) in [5.74, 6) is 0.0351. The average molecular weight is 268 g/mol. The fourth-order valence-electron chi connectivity index (χ4n) is 2.22. The van der Waals surface area contributed by atoms with Crippen molar-refractivity contribution in [3.8, 4) is 0 Å². The summed E-state index contributed by atoms with van der Waals surface area (Å²) in [4.78, 5) is 14.2.